The van der Waals surface area contributed by atoms with Crippen molar-refractivity contribution in [2.45, 2.75) is 201 Å². The zero-order valence-corrected chi connectivity index (χ0v) is 60.3. The van der Waals surface area contributed by atoms with Crippen LogP contribution in [0.2, 0.25) is 0 Å². The molecule has 0 bridgehead atoms. The summed E-state index contributed by atoms with van der Waals surface area (Å²) in [6.07, 6.45) is 4.54. The molecular weight excluding hydrogens is 1150 g/mol. The first-order valence-corrected chi connectivity index (χ1v) is 35.4. The molecule has 15 rings (SSSR count). The van der Waals surface area contributed by atoms with Crippen LogP contribution >= 0.6 is 0 Å². The van der Waals surface area contributed by atoms with E-state index >= 15 is 0 Å². The van der Waals surface area contributed by atoms with Gasteiger partial charge < -0.3 is 14.7 Å². The van der Waals surface area contributed by atoms with Crippen molar-refractivity contribution < 1.29 is 0 Å². The third-order valence-electron chi connectivity index (χ3n) is 23.5. The minimum atomic E-state index is -0.147. The summed E-state index contributed by atoms with van der Waals surface area (Å²) in [6.45, 7) is 45.6. The first-order chi connectivity index (χ1) is 44.7. The van der Waals surface area contributed by atoms with Crippen molar-refractivity contribution in [3.8, 4) is 33.4 Å². The van der Waals surface area contributed by atoms with Gasteiger partial charge in [-0.25, -0.2) is 0 Å². The van der Waals surface area contributed by atoms with E-state index in [2.05, 4.69) is 346 Å². The lowest BCUT2D eigenvalue weighted by atomic mass is 9.33. The lowest BCUT2D eigenvalue weighted by Gasteiger charge is -2.48. The number of nitrogens with zero attached hydrogens (tertiary/aromatic N) is 3. The fourth-order valence-electron chi connectivity index (χ4n) is 17.3. The van der Waals surface area contributed by atoms with Crippen LogP contribution in [-0.4, -0.2) is 6.71 Å². The van der Waals surface area contributed by atoms with Gasteiger partial charge in [0.05, 0.1) is 11.4 Å². The summed E-state index contributed by atoms with van der Waals surface area (Å²) in [6, 6.07) is 79.6. The van der Waals surface area contributed by atoms with Crippen molar-refractivity contribution in [1.82, 2.24) is 0 Å². The maximum Gasteiger partial charge on any atom is 0.252 e. The van der Waals surface area contributed by atoms with Crippen LogP contribution in [0.1, 0.15) is 207 Å². The molecule has 0 aromatic heterocycles. The van der Waals surface area contributed by atoms with Crippen molar-refractivity contribution in [1.29, 1.82) is 0 Å². The predicted molar refractivity (Wildman–Crippen MR) is 410 cm³/mol. The van der Waals surface area contributed by atoms with Gasteiger partial charge in [0, 0.05) is 50.8 Å². The van der Waals surface area contributed by atoms with Crippen molar-refractivity contribution >= 4 is 74.3 Å². The van der Waals surface area contributed by atoms with E-state index in [0.29, 0.717) is 0 Å². The summed E-state index contributed by atoms with van der Waals surface area (Å²) in [5.74, 6) is 0. The summed E-state index contributed by atoms with van der Waals surface area (Å²) in [5.41, 5.74) is 34.5. The van der Waals surface area contributed by atoms with Crippen LogP contribution < -0.4 is 31.1 Å². The summed E-state index contributed by atoms with van der Waals surface area (Å²) >= 11 is 0. The third-order valence-corrected chi connectivity index (χ3v) is 23.5. The zero-order chi connectivity index (χ0) is 67.1. The van der Waals surface area contributed by atoms with E-state index in [9.17, 15) is 0 Å². The normalized spacial score (nSPS) is 17.4. The van der Waals surface area contributed by atoms with E-state index in [1.165, 1.54) is 128 Å². The molecule has 10 aromatic rings. The maximum absolute atomic E-state index is 2.75. The molecular formula is C91H98BN3. The Bertz CT molecular complexity index is 4680. The summed E-state index contributed by atoms with van der Waals surface area (Å²) in [4.78, 5) is 8.02. The SMILES string of the molecule is CC(C)(C)c1ccc(N(c2ccc(C(C)(C)C)cc2)c2cc3c4c(c2)N(c2ccc(C(C)(C)C)cc2-c2ccccc2)c2ccc(-c5cccc6c5-c5ccccc5C6(C)C)cc2B4c2cc4c(cc2N3c2ccc3c(c2)C(C)(C)CCC3(C)C)C(C)(C)CCC4(C)C)cc1. The van der Waals surface area contributed by atoms with Crippen LogP contribution in [0.4, 0.5) is 51.2 Å². The first kappa shape index (κ1) is 62.8. The molecule has 0 N–H and O–H groups in total. The highest BCUT2D eigenvalue weighted by Gasteiger charge is 2.49. The van der Waals surface area contributed by atoms with Gasteiger partial charge >= 0.3 is 0 Å². The fourth-order valence-corrected chi connectivity index (χ4v) is 17.3. The van der Waals surface area contributed by atoms with Crippen LogP contribution in [0.3, 0.4) is 0 Å². The van der Waals surface area contributed by atoms with E-state index in [-0.39, 0.29) is 50.0 Å². The average Bonchev–Trinajstić information content (AvgIpc) is 1.15. The standard InChI is InChI=1S/C91H98BN3/c1-84(2,3)59-33-38-62(39-34-59)93(63-40-35-60(36-41-63)85(4,5)6)65-53-80-83-81(54-65)95(77-45-37-61(86(7,8)9)51-68(77)57-26-21-20-22-27-57)78-44-32-58(66-29-25-31-71-82(66)67-28-23-24-30-69(67)91(71,18)19)50-75(78)92(83)76-55-73-74(90(16,17)49-48-89(73,14)15)56-79(76)94(80)64-42-43-70-72(52-64)88(12,13)47-46-87(70,10)11/h20-45,50-56H,46-49H2,1-19H3. The van der Waals surface area contributed by atoms with Crippen LogP contribution in [0.15, 0.2) is 200 Å². The highest BCUT2D eigenvalue weighted by Crippen LogP contribution is 2.57. The summed E-state index contributed by atoms with van der Waals surface area (Å²) in [7, 11) is 0. The van der Waals surface area contributed by atoms with Crippen molar-refractivity contribution in [2.75, 3.05) is 14.7 Å². The van der Waals surface area contributed by atoms with Crippen LogP contribution in [0.25, 0.3) is 33.4 Å². The molecule has 3 aliphatic carbocycles. The number of rotatable bonds is 7. The number of benzene rings is 10. The second-order valence-electron chi connectivity index (χ2n) is 35.2. The minimum absolute atomic E-state index is 0.0209. The molecule has 0 saturated heterocycles. The van der Waals surface area contributed by atoms with E-state index in [1.807, 2.05) is 0 Å². The third kappa shape index (κ3) is 10.1. The largest absolute Gasteiger partial charge is 0.311 e. The average molecular weight is 1240 g/mol. The second-order valence-corrected chi connectivity index (χ2v) is 35.2. The Morgan fingerprint density at radius 3 is 1.42 bits per heavy atom. The van der Waals surface area contributed by atoms with E-state index in [0.717, 1.165) is 48.4 Å². The Kier molecular flexibility index (Phi) is 14.1. The van der Waals surface area contributed by atoms with Crippen LogP contribution in [0.5, 0.6) is 0 Å². The van der Waals surface area contributed by atoms with Gasteiger partial charge in [-0.15, -0.1) is 0 Å². The predicted octanol–water partition coefficient (Wildman–Crippen LogP) is 23.5. The number of fused-ring (bicyclic) bond motifs is 9. The Morgan fingerprint density at radius 1 is 0.326 bits per heavy atom. The maximum atomic E-state index is 2.75. The van der Waals surface area contributed by atoms with Gasteiger partial charge in [-0.3, -0.25) is 0 Å². The van der Waals surface area contributed by atoms with Crippen LogP contribution in [0, 0.1) is 0 Å². The van der Waals surface area contributed by atoms with Gasteiger partial charge in [0.25, 0.3) is 6.71 Å². The molecule has 4 heteroatoms. The molecule has 0 unspecified atom stereocenters. The topological polar surface area (TPSA) is 9.72 Å². The molecule has 95 heavy (non-hydrogen) atoms. The molecule has 2 aliphatic heterocycles. The molecule has 3 nitrogen and oxygen atoms in total. The molecule has 5 aliphatic rings. The number of hydrogen-bond acceptors (Lipinski definition) is 3. The molecule has 0 saturated carbocycles. The molecule has 0 amide bonds. The molecule has 0 fully saturated rings. The van der Waals surface area contributed by atoms with Gasteiger partial charge in [0.1, 0.15) is 0 Å². The Hall–Kier alpha value is -8.34. The van der Waals surface area contributed by atoms with E-state index < -0.39 is 0 Å². The molecule has 480 valence electrons. The minimum Gasteiger partial charge on any atom is -0.311 e. The lowest BCUT2D eigenvalue weighted by Crippen LogP contribution is -2.62. The second kappa shape index (κ2) is 21.3. The lowest BCUT2D eigenvalue weighted by molar-refractivity contribution is 0.332. The number of anilines is 9. The first-order valence-electron chi connectivity index (χ1n) is 35.4. The quantitative estimate of drug-likeness (QED) is 0.147. The van der Waals surface area contributed by atoms with Gasteiger partial charge in [-0.2, -0.15) is 0 Å². The Balaban J connectivity index is 1.11. The van der Waals surface area contributed by atoms with Gasteiger partial charge in [-0.05, 0) is 231 Å². The molecule has 0 radical (unpaired) electrons. The molecule has 10 aromatic carbocycles. The molecule has 0 atom stereocenters. The van der Waals surface area contributed by atoms with E-state index in [1.54, 1.807) is 0 Å². The Labute approximate surface area is 569 Å². The van der Waals surface area contributed by atoms with Crippen molar-refractivity contribution in [2.24, 2.45) is 0 Å². The molecule has 0 spiro atoms. The fraction of sp³-hybridized carbons (Fsp3) is 0.341. The highest BCUT2D eigenvalue weighted by molar-refractivity contribution is 7.00. The Morgan fingerprint density at radius 2 is 0.821 bits per heavy atom. The van der Waals surface area contributed by atoms with Crippen LogP contribution in [-0.2, 0) is 43.3 Å². The monoisotopic (exact) mass is 1240 g/mol. The summed E-state index contributed by atoms with van der Waals surface area (Å²) < 4.78 is 0. The van der Waals surface area contributed by atoms with Crippen molar-refractivity contribution in [3.05, 3.63) is 250 Å². The highest BCUT2D eigenvalue weighted by atomic mass is 15.2. The van der Waals surface area contributed by atoms with E-state index in [4.69, 9.17) is 0 Å². The smallest absolute Gasteiger partial charge is 0.252 e. The van der Waals surface area contributed by atoms with Gasteiger partial charge in [0.15, 0.2) is 0 Å². The molecule has 2 heterocycles. The van der Waals surface area contributed by atoms with Gasteiger partial charge in [0.2, 0.25) is 0 Å². The van der Waals surface area contributed by atoms with Crippen molar-refractivity contribution in [3.63, 3.8) is 0 Å². The number of hydrogen-bond donors (Lipinski definition) is 0. The zero-order valence-electron chi connectivity index (χ0n) is 60.3. The van der Waals surface area contributed by atoms with Gasteiger partial charge in [-0.1, -0.05) is 259 Å². The summed E-state index contributed by atoms with van der Waals surface area (Å²) in [5, 5.41) is 0.